The van der Waals surface area contributed by atoms with Gasteiger partial charge in [0.05, 0.1) is 6.42 Å². The van der Waals surface area contributed by atoms with E-state index >= 15 is 0 Å². The standard InChI is InChI=1S/C25H34N2O2/c1-6-7-12-26-25(29)21(5)27(17-22-10-8-18(2)9-11-22)24(28)16-23-14-19(3)13-20(4)15-23/h8-11,13-15,21H,6-7,12,16-17H2,1-5H3,(H,26,29)/t21-/m1/s1. The van der Waals surface area contributed by atoms with Crippen LogP contribution in [0.5, 0.6) is 0 Å². The van der Waals surface area contributed by atoms with Crippen LogP contribution in [0, 0.1) is 20.8 Å². The lowest BCUT2D eigenvalue weighted by Crippen LogP contribution is -2.48. The van der Waals surface area contributed by atoms with Crippen LogP contribution in [-0.4, -0.2) is 29.3 Å². The largest absolute Gasteiger partial charge is 0.354 e. The Hall–Kier alpha value is -2.62. The Morgan fingerprint density at radius 2 is 1.55 bits per heavy atom. The van der Waals surface area contributed by atoms with Crippen LogP contribution in [0.2, 0.25) is 0 Å². The average Bonchev–Trinajstić information content (AvgIpc) is 2.66. The molecule has 0 aliphatic rings. The lowest BCUT2D eigenvalue weighted by atomic mass is 10.0. The molecule has 0 unspecified atom stereocenters. The quantitative estimate of drug-likeness (QED) is 0.637. The van der Waals surface area contributed by atoms with E-state index < -0.39 is 6.04 Å². The minimum atomic E-state index is -0.522. The molecule has 1 N–H and O–H groups in total. The van der Waals surface area contributed by atoms with Gasteiger partial charge in [-0.3, -0.25) is 9.59 Å². The van der Waals surface area contributed by atoms with E-state index in [-0.39, 0.29) is 11.8 Å². The molecular weight excluding hydrogens is 360 g/mol. The molecule has 0 fully saturated rings. The van der Waals surface area contributed by atoms with Gasteiger partial charge in [-0.2, -0.15) is 0 Å². The summed E-state index contributed by atoms with van der Waals surface area (Å²) in [5.41, 5.74) is 5.47. The number of rotatable bonds is 9. The lowest BCUT2D eigenvalue weighted by Gasteiger charge is -2.29. The first-order valence-corrected chi connectivity index (χ1v) is 10.5. The molecule has 156 valence electrons. The minimum absolute atomic E-state index is 0.0336. The number of hydrogen-bond donors (Lipinski definition) is 1. The van der Waals surface area contributed by atoms with E-state index in [0.29, 0.717) is 19.5 Å². The lowest BCUT2D eigenvalue weighted by molar-refractivity contribution is -0.140. The van der Waals surface area contributed by atoms with Crippen molar-refractivity contribution in [2.75, 3.05) is 6.54 Å². The molecule has 0 radical (unpaired) electrons. The maximum atomic E-state index is 13.2. The van der Waals surface area contributed by atoms with Crippen molar-refractivity contribution in [3.8, 4) is 0 Å². The number of aryl methyl sites for hydroxylation is 3. The molecule has 0 aliphatic carbocycles. The van der Waals surface area contributed by atoms with Crippen molar-refractivity contribution in [2.45, 2.75) is 66.5 Å². The summed E-state index contributed by atoms with van der Waals surface area (Å²) >= 11 is 0. The first kappa shape index (κ1) is 22.7. The highest BCUT2D eigenvalue weighted by atomic mass is 16.2. The van der Waals surface area contributed by atoms with Crippen molar-refractivity contribution < 1.29 is 9.59 Å². The van der Waals surface area contributed by atoms with Crippen LogP contribution in [0.4, 0.5) is 0 Å². The van der Waals surface area contributed by atoms with Gasteiger partial charge in [0.2, 0.25) is 11.8 Å². The number of nitrogens with one attached hydrogen (secondary N) is 1. The molecule has 4 nitrogen and oxygen atoms in total. The second-order valence-electron chi connectivity index (χ2n) is 8.00. The van der Waals surface area contributed by atoms with Gasteiger partial charge in [-0.25, -0.2) is 0 Å². The number of hydrogen-bond acceptors (Lipinski definition) is 2. The minimum Gasteiger partial charge on any atom is -0.354 e. The van der Waals surface area contributed by atoms with E-state index in [1.54, 1.807) is 4.90 Å². The number of unbranched alkanes of at least 4 members (excludes halogenated alkanes) is 1. The maximum Gasteiger partial charge on any atom is 0.242 e. The monoisotopic (exact) mass is 394 g/mol. The van der Waals surface area contributed by atoms with Gasteiger partial charge in [0, 0.05) is 13.1 Å². The van der Waals surface area contributed by atoms with Crippen molar-refractivity contribution in [1.29, 1.82) is 0 Å². The summed E-state index contributed by atoms with van der Waals surface area (Å²) in [6.45, 7) is 11.1. The van der Waals surface area contributed by atoms with Gasteiger partial charge < -0.3 is 10.2 Å². The van der Waals surface area contributed by atoms with E-state index in [1.165, 1.54) is 5.56 Å². The fourth-order valence-electron chi connectivity index (χ4n) is 3.46. The second-order valence-corrected chi connectivity index (χ2v) is 8.00. The number of amides is 2. The van der Waals surface area contributed by atoms with Gasteiger partial charge in [0.1, 0.15) is 6.04 Å². The van der Waals surface area contributed by atoms with Crippen molar-refractivity contribution in [1.82, 2.24) is 10.2 Å². The Labute approximate surface area is 175 Å². The van der Waals surface area contributed by atoms with Gasteiger partial charge in [0.15, 0.2) is 0 Å². The van der Waals surface area contributed by atoms with Crippen LogP contribution in [-0.2, 0) is 22.6 Å². The highest BCUT2D eigenvalue weighted by Gasteiger charge is 2.26. The molecule has 2 rings (SSSR count). The molecular formula is C25H34N2O2. The average molecular weight is 395 g/mol. The van der Waals surface area contributed by atoms with Gasteiger partial charge >= 0.3 is 0 Å². The van der Waals surface area contributed by atoms with Crippen molar-refractivity contribution in [3.05, 3.63) is 70.3 Å². The van der Waals surface area contributed by atoms with Crippen LogP contribution in [0.15, 0.2) is 42.5 Å². The third kappa shape index (κ3) is 7.04. The Morgan fingerprint density at radius 1 is 0.931 bits per heavy atom. The molecule has 0 spiro atoms. The summed E-state index contributed by atoms with van der Waals surface area (Å²) in [6, 6.07) is 13.8. The molecule has 0 bridgehead atoms. The topological polar surface area (TPSA) is 49.4 Å². The molecule has 0 heterocycles. The Balaban J connectivity index is 2.20. The van der Waals surface area contributed by atoms with Crippen LogP contribution >= 0.6 is 0 Å². The second kappa shape index (κ2) is 10.8. The summed E-state index contributed by atoms with van der Waals surface area (Å²) in [7, 11) is 0. The first-order valence-electron chi connectivity index (χ1n) is 10.5. The van der Waals surface area contributed by atoms with Gasteiger partial charge in [0.25, 0.3) is 0 Å². The first-order chi connectivity index (χ1) is 13.8. The van der Waals surface area contributed by atoms with Crippen LogP contribution < -0.4 is 5.32 Å². The normalized spacial score (nSPS) is 11.8. The van der Waals surface area contributed by atoms with E-state index in [1.807, 2.05) is 64.1 Å². The summed E-state index contributed by atoms with van der Waals surface area (Å²) in [4.78, 5) is 27.6. The molecule has 2 amide bonds. The summed E-state index contributed by atoms with van der Waals surface area (Å²) in [5, 5.41) is 2.96. The summed E-state index contributed by atoms with van der Waals surface area (Å²) < 4.78 is 0. The predicted octanol–water partition coefficient (Wildman–Crippen LogP) is 4.49. The Bertz CT molecular complexity index is 807. The molecule has 4 heteroatoms. The molecule has 0 aliphatic heterocycles. The van der Waals surface area contributed by atoms with E-state index in [2.05, 4.69) is 18.3 Å². The van der Waals surface area contributed by atoms with Gasteiger partial charge in [-0.15, -0.1) is 0 Å². The molecule has 0 saturated carbocycles. The smallest absolute Gasteiger partial charge is 0.242 e. The predicted molar refractivity (Wildman–Crippen MR) is 119 cm³/mol. The van der Waals surface area contributed by atoms with Crippen LogP contribution in [0.3, 0.4) is 0 Å². The van der Waals surface area contributed by atoms with Crippen LogP contribution in [0.1, 0.15) is 54.5 Å². The molecule has 2 aromatic rings. The molecule has 1 atom stereocenters. The SMILES string of the molecule is CCCCNC(=O)[C@@H](C)N(Cc1ccc(C)cc1)C(=O)Cc1cc(C)cc(C)c1. The fourth-order valence-corrected chi connectivity index (χ4v) is 3.46. The third-order valence-corrected chi connectivity index (χ3v) is 5.11. The third-order valence-electron chi connectivity index (χ3n) is 5.11. The van der Waals surface area contributed by atoms with Gasteiger partial charge in [-0.1, -0.05) is 72.5 Å². The highest BCUT2D eigenvalue weighted by molar-refractivity contribution is 5.88. The zero-order chi connectivity index (χ0) is 21.4. The number of nitrogens with zero attached hydrogens (tertiary/aromatic N) is 1. The van der Waals surface area contributed by atoms with E-state index in [4.69, 9.17) is 0 Å². The van der Waals surface area contributed by atoms with E-state index in [0.717, 1.165) is 35.1 Å². The van der Waals surface area contributed by atoms with Crippen molar-refractivity contribution in [2.24, 2.45) is 0 Å². The Kier molecular flexibility index (Phi) is 8.44. The highest BCUT2D eigenvalue weighted by Crippen LogP contribution is 2.15. The fraction of sp³-hybridized carbons (Fsp3) is 0.440. The molecule has 0 aromatic heterocycles. The molecule has 2 aromatic carbocycles. The summed E-state index contributed by atoms with van der Waals surface area (Å²) in [5.74, 6) is -0.131. The molecule has 29 heavy (non-hydrogen) atoms. The molecule has 0 saturated heterocycles. The van der Waals surface area contributed by atoms with Gasteiger partial charge in [-0.05, 0) is 45.2 Å². The zero-order valence-electron chi connectivity index (χ0n) is 18.4. The van der Waals surface area contributed by atoms with Crippen LogP contribution in [0.25, 0.3) is 0 Å². The maximum absolute atomic E-state index is 13.2. The number of benzene rings is 2. The van der Waals surface area contributed by atoms with Crippen molar-refractivity contribution >= 4 is 11.8 Å². The summed E-state index contributed by atoms with van der Waals surface area (Å²) in [6.07, 6.45) is 2.25. The zero-order valence-corrected chi connectivity index (χ0v) is 18.4. The van der Waals surface area contributed by atoms with Crippen molar-refractivity contribution in [3.63, 3.8) is 0 Å². The number of carbonyl (C=O) groups is 2. The Morgan fingerprint density at radius 3 is 2.14 bits per heavy atom. The number of carbonyl (C=O) groups excluding carboxylic acids is 2. The van der Waals surface area contributed by atoms with E-state index in [9.17, 15) is 9.59 Å².